The Labute approximate surface area is 67.9 Å². The topological polar surface area (TPSA) is 29.5 Å². The fourth-order valence-corrected chi connectivity index (χ4v) is 1.53. The van der Waals surface area contributed by atoms with Gasteiger partial charge in [0.2, 0.25) is 0 Å². The molecule has 1 fully saturated rings. The zero-order valence-corrected chi connectivity index (χ0v) is 7.05. The predicted molar refractivity (Wildman–Crippen MR) is 44.4 cm³/mol. The SMILES string of the molecule is C=CC(O)CC1(OC)CCC1. The standard InChI is InChI=1S/C9H16O2/c1-3-8(10)7-9(11-2)5-4-6-9/h3,8,10H,1,4-7H2,2H3. The van der Waals surface area contributed by atoms with Crippen LogP contribution in [0.3, 0.4) is 0 Å². The third-order valence-corrected chi connectivity index (χ3v) is 2.55. The van der Waals surface area contributed by atoms with Gasteiger partial charge >= 0.3 is 0 Å². The molecule has 1 rings (SSSR count). The molecule has 1 unspecified atom stereocenters. The van der Waals surface area contributed by atoms with Gasteiger partial charge in [-0.3, -0.25) is 0 Å². The fourth-order valence-electron chi connectivity index (χ4n) is 1.53. The predicted octanol–water partition coefficient (Wildman–Crippen LogP) is 1.49. The molecule has 11 heavy (non-hydrogen) atoms. The van der Waals surface area contributed by atoms with Gasteiger partial charge in [0.25, 0.3) is 0 Å². The summed E-state index contributed by atoms with van der Waals surface area (Å²) >= 11 is 0. The van der Waals surface area contributed by atoms with Crippen LogP contribution >= 0.6 is 0 Å². The van der Waals surface area contributed by atoms with E-state index in [2.05, 4.69) is 6.58 Å². The average Bonchev–Trinajstić information content (AvgIpc) is 1.96. The monoisotopic (exact) mass is 156 g/mol. The maximum absolute atomic E-state index is 9.29. The molecule has 0 heterocycles. The van der Waals surface area contributed by atoms with Gasteiger partial charge in [-0.05, 0) is 19.3 Å². The van der Waals surface area contributed by atoms with Gasteiger partial charge in [0.15, 0.2) is 0 Å². The molecule has 0 spiro atoms. The molecule has 0 saturated heterocycles. The summed E-state index contributed by atoms with van der Waals surface area (Å²) < 4.78 is 5.34. The zero-order chi connectivity index (χ0) is 8.32. The van der Waals surface area contributed by atoms with E-state index in [0.29, 0.717) is 6.42 Å². The molecule has 0 aromatic heterocycles. The van der Waals surface area contributed by atoms with Crippen molar-refractivity contribution in [2.75, 3.05) is 7.11 Å². The van der Waals surface area contributed by atoms with E-state index in [1.54, 1.807) is 13.2 Å². The lowest BCUT2D eigenvalue weighted by molar-refractivity contribution is -0.0932. The molecular formula is C9H16O2. The minimum absolute atomic E-state index is 0.0341. The van der Waals surface area contributed by atoms with Crippen molar-refractivity contribution in [2.24, 2.45) is 0 Å². The second kappa shape index (κ2) is 3.37. The third-order valence-electron chi connectivity index (χ3n) is 2.55. The Bertz CT molecular complexity index is 133. The quantitative estimate of drug-likeness (QED) is 0.625. The van der Waals surface area contributed by atoms with Gasteiger partial charge in [-0.15, -0.1) is 6.58 Å². The minimum atomic E-state index is -0.407. The molecule has 1 N–H and O–H groups in total. The highest BCUT2D eigenvalue weighted by molar-refractivity contribution is 4.95. The van der Waals surface area contributed by atoms with Crippen LogP contribution < -0.4 is 0 Å². The molecule has 1 aliphatic carbocycles. The lowest BCUT2D eigenvalue weighted by atomic mass is 9.76. The molecule has 1 saturated carbocycles. The van der Waals surface area contributed by atoms with Gasteiger partial charge in [0.1, 0.15) is 0 Å². The van der Waals surface area contributed by atoms with Crippen LogP contribution in [0, 0.1) is 0 Å². The first-order valence-electron chi connectivity index (χ1n) is 4.08. The number of hydrogen-bond acceptors (Lipinski definition) is 2. The zero-order valence-electron chi connectivity index (χ0n) is 7.05. The van der Waals surface area contributed by atoms with Crippen LogP contribution in [0.15, 0.2) is 12.7 Å². The molecule has 0 aliphatic heterocycles. The molecule has 2 nitrogen and oxygen atoms in total. The number of methoxy groups -OCH3 is 1. The van der Waals surface area contributed by atoms with Crippen molar-refractivity contribution < 1.29 is 9.84 Å². The van der Waals surface area contributed by atoms with E-state index in [0.717, 1.165) is 12.8 Å². The van der Waals surface area contributed by atoms with Crippen LogP contribution in [0.25, 0.3) is 0 Å². The van der Waals surface area contributed by atoms with Crippen LogP contribution in [-0.4, -0.2) is 23.9 Å². The first kappa shape index (κ1) is 8.75. The Morgan fingerprint density at radius 3 is 2.64 bits per heavy atom. The molecular weight excluding hydrogens is 140 g/mol. The lowest BCUT2D eigenvalue weighted by Gasteiger charge is -2.41. The van der Waals surface area contributed by atoms with E-state index in [1.807, 2.05) is 0 Å². The number of rotatable bonds is 4. The summed E-state index contributed by atoms with van der Waals surface area (Å²) in [5.74, 6) is 0. The largest absolute Gasteiger partial charge is 0.389 e. The first-order valence-corrected chi connectivity index (χ1v) is 4.08. The second-order valence-electron chi connectivity index (χ2n) is 3.25. The van der Waals surface area contributed by atoms with Gasteiger partial charge in [0, 0.05) is 13.5 Å². The molecule has 0 amide bonds. The van der Waals surface area contributed by atoms with Crippen molar-refractivity contribution >= 4 is 0 Å². The summed E-state index contributed by atoms with van der Waals surface area (Å²) in [6, 6.07) is 0. The number of aliphatic hydroxyl groups is 1. The average molecular weight is 156 g/mol. The normalized spacial score (nSPS) is 23.8. The highest BCUT2D eigenvalue weighted by Crippen LogP contribution is 2.38. The van der Waals surface area contributed by atoms with Gasteiger partial charge in [-0.1, -0.05) is 6.08 Å². The number of aliphatic hydroxyl groups excluding tert-OH is 1. The number of hydrogen-bond donors (Lipinski definition) is 1. The number of ether oxygens (including phenoxy) is 1. The third kappa shape index (κ3) is 1.82. The van der Waals surface area contributed by atoms with Crippen molar-refractivity contribution in [3.8, 4) is 0 Å². The van der Waals surface area contributed by atoms with Crippen molar-refractivity contribution in [1.29, 1.82) is 0 Å². The van der Waals surface area contributed by atoms with Crippen LogP contribution in [0.5, 0.6) is 0 Å². The maximum Gasteiger partial charge on any atom is 0.0745 e. The van der Waals surface area contributed by atoms with E-state index in [9.17, 15) is 5.11 Å². The van der Waals surface area contributed by atoms with Gasteiger partial charge in [-0.2, -0.15) is 0 Å². The summed E-state index contributed by atoms with van der Waals surface area (Å²) in [5.41, 5.74) is -0.0341. The molecule has 0 aromatic carbocycles. The smallest absolute Gasteiger partial charge is 0.0745 e. The molecule has 64 valence electrons. The van der Waals surface area contributed by atoms with Crippen LogP contribution in [0.2, 0.25) is 0 Å². The van der Waals surface area contributed by atoms with Crippen LogP contribution in [0.4, 0.5) is 0 Å². The van der Waals surface area contributed by atoms with Crippen molar-refractivity contribution in [3.05, 3.63) is 12.7 Å². The summed E-state index contributed by atoms with van der Waals surface area (Å²) in [7, 11) is 1.72. The van der Waals surface area contributed by atoms with Crippen molar-refractivity contribution in [3.63, 3.8) is 0 Å². The summed E-state index contributed by atoms with van der Waals surface area (Å²) in [6.45, 7) is 3.53. The maximum atomic E-state index is 9.29. The Hall–Kier alpha value is -0.340. The van der Waals surface area contributed by atoms with E-state index in [4.69, 9.17) is 4.74 Å². The molecule has 0 radical (unpaired) electrons. The van der Waals surface area contributed by atoms with Crippen LogP contribution in [-0.2, 0) is 4.74 Å². The van der Waals surface area contributed by atoms with Crippen molar-refractivity contribution in [1.82, 2.24) is 0 Å². The Morgan fingerprint density at radius 2 is 2.36 bits per heavy atom. The van der Waals surface area contributed by atoms with E-state index >= 15 is 0 Å². The molecule has 0 aromatic rings. The highest BCUT2D eigenvalue weighted by Gasteiger charge is 2.37. The summed E-state index contributed by atoms with van der Waals surface area (Å²) in [4.78, 5) is 0. The van der Waals surface area contributed by atoms with Gasteiger partial charge < -0.3 is 9.84 Å². The summed E-state index contributed by atoms with van der Waals surface area (Å²) in [5, 5.41) is 9.29. The minimum Gasteiger partial charge on any atom is -0.389 e. The fraction of sp³-hybridized carbons (Fsp3) is 0.778. The molecule has 0 bridgehead atoms. The summed E-state index contributed by atoms with van der Waals surface area (Å²) in [6.07, 6.45) is 5.24. The Kier molecular flexibility index (Phi) is 2.68. The first-order chi connectivity index (χ1) is 5.22. The van der Waals surface area contributed by atoms with Gasteiger partial charge in [0.05, 0.1) is 11.7 Å². The van der Waals surface area contributed by atoms with Crippen molar-refractivity contribution in [2.45, 2.75) is 37.4 Å². The molecule has 1 atom stereocenters. The highest BCUT2D eigenvalue weighted by atomic mass is 16.5. The van der Waals surface area contributed by atoms with E-state index in [1.165, 1.54) is 6.42 Å². The van der Waals surface area contributed by atoms with Gasteiger partial charge in [-0.25, -0.2) is 0 Å². The van der Waals surface area contributed by atoms with Crippen LogP contribution in [0.1, 0.15) is 25.7 Å². The van der Waals surface area contributed by atoms with E-state index in [-0.39, 0.29) is 5.60 Å². The Morgan fingerprint density at radius 1 is 1.73 bits per heavy atom. The molecule has 2 heteroatoms. The lowest BCUT2D eigenvalue weighted by Crippen LogP contribution is -2.41. The molecule has 1 aliphatic rings. The Balaban J connectivity index is 2.37. The van der Waals surface area contributed by atoms with E-state index < -0.39 is 6.10 Å². The second-order valence-corrected chi connectivity index (χ2v) is 3.25.